The molecule has 0 saturated carbocycles. The molecule has 1 fully saturated rings. The van der Waals surface area contributed by atoms with Crippen molar-refractivity contribution in [3.05, 3.63) is 36.0 Å². The molecule has 0 amide bonds. The highest BCUT2D eigenvalue weighted by Crippen LogP contribution is 2.29. The van der Waals surface area contributed by atoms with Crippen LogP contribution < -0.4 is 0 Å². The summed E-state index contributed by atoms with van der Waals surface area (Å²) in [7, 11) is 2.08. The molecule has 0 bridgehead atoms. The van der Waals surface area contributed by atoms with E-state index in [2.05, 4.69) is 52.6 Å². The van der Waals surface area contributed by atoms with E-state index in [0.29, 0.717) is 6.04 Å². The quantitative estimate of drug-likeness (QED) is 0.730. The first-order valence-electron chi connectivity index (χ1n) is 7.79. The smallest absolute Gasteiger partial charge is 0.159 e. The predicted octanol–water partition coefficient (Wildman–Crippen LogP) is 3.10. The summed E-state index contributed by atoms with van der Waals surface area (Å²) in [5, 5.41) is 4.56. The van der Waals surface area contributed by atoms with Gasteiger partial charge in [0.15, 0.2) is 5.82 Å². The largest absolute Gasteiger partial charge is 0.381 e. The number of aromatic nitrogens is 4. The van der Waals surface area contributed by atoms with Crippen LogP contribution in [0.15, 0.2) is 30.5 Å². The highest BCUT2D eigenvalue weighted by atomic mass is 16.5. The van der Waals surface area contributed by atoms with Crippen molar-refractivity contribution in [2.75, 3.05) is 13.2 Å². The molecule has 0 aliphatic carbocycles. The number of aryl methyl sites for hydroxylation is 2. The van der Waals surface area contributed by atoms with Crippen molar-refractivity contribution >= 4 is 11.0 Å². The van der Waals surface area contributed by atoms with Crippen molar-refractivity contribution in [3.8, 4) is 11.5 Å². The molecule has 0 N–H and O–H groups in total. The molecule has 0 radical (unpaired) electrons. The fourth-order valence-electron chi connectivity index (χ4n) is 3.41. The third-order valence-electron chi connectivity index (χ3n) is 4.53. The number of hydrogen-bond acceptors (Lipinski definition) is 3. The second-order valence-electron chi connectivity index (χ2n) is 5.94. The number of imidazole rings is 1. The van der Waals surface area contributed by atoms with Crippen LogP contribution in [0.5, 0.6) is 0 Å². The summed E-state index contributed by atoms with van der Waals surface area (Å²) in [6.07, 6.45) is 3.90. The first-order chi connectivity index (χ1) is 10.8. The van der Waals surface area contributed by atoms with Gasteiger partial charge in [0.05, 0.1) is 17.1 Å². The van der Waals surface area contributed by atoms with Crippen LogP contribution in [0.2, 0.25) is 0 Å². The van der Waals surface area contributed by atoms with Gasteiger partial charge in [0, 0.05) is 26.5 Å². The molecule has 5 nitrogen and oxygen atoms in total. The van der Waals surface area contributed by atoms with Crippen molar-refractivity contribution in [1.82, 2.24) is 19.3 Å². The lowest BCUT2D eigenvalue weighted by Gasteiger charge is -2.24. The number of ether oxygens (including phenoxy) is 1. The zero-order chi connectivity index (χ0) is 15.1. The molecule has 0 spiro atoms. The Kier molecular flexibility index (Phi) is 3.22. The van der Waals surface area contributed by atoms with E-state index in [0.717, 1.165) is 43.1 Å². The van der Waals surface area contributed by atoms with E-state index in [1.54, 1.807) is 0 Å². The average molecular weight is 296 g/mol. The fraction of sp³-hybridized carbons (Fsp3) is 0.412. The number of rotatable bonds is 2. The standard InChI is InChI=1S/C17H20N4O/c1-12-4-3-5-14-16(12)20(2)17(19-14)15-6-9-18-21(15)13-7-10-22-11-8-13/h3-6,9,13H,7-8,10-11H2,1-2H3. The summed E-state index contributed by atoms with van der Waals surface area (Å²) < 4.78 is 9.77. The van der Waals surface area contributed by atoms with Crippen molar-refractivity contribution in [2.45, 2.75) is 25.8 Å². The second-order valence-corrected chi connectivity index (χ2v) is 5.94. The zero-order valence-corrected chi connectivity index (χ0v) is 13.0. The van der Waals surface area contributed by atoms with Gasteiger partial charge >= 0.3 is 0 Å². The third-order valence-corrected chi connectivity index (χ3v) is 4.53. The Morgan fingerprint density at radius 2 is 2.00 bits per heavy atom. The maximum atomic E-state index is 5.47. The minimum atomic E-state index is 0.402. The van der Waals surface area contributed by atoms with E-state index in [1.807, 2.05) is 6.20 Å². The molecule has 3 aromatic rings. The number of para-hydroxylation sites is 1. The van der Waals surface area contributed by atoms with Crippen LogP contribution in [0.1, 0.15) is 24.4 Å². The average Bonchev–Trinajstić information content (AvgIpc) is 3.13. The normalized spacial score (nSPS) is 16.5. The molecular weight excluding hydrogens is 276 g/mol. The van der Waals surface area contributed by atoms with Gasteiger partial charge in [-0.05, 0) is 37.5 Å². The summed E-state index contributed by atoms with van der Waals surface area (Å²) >= 11 is 0. The van der Waals surface area contributed by atoms with E-state index in [4.69, 9.17) is 9.72 Å². The molecule has 5 heteroatoms. The van der Waals surface area contributed by atoms with Crippen LogP contribution in [0.4, 0.5) is 0 Å². The Hall–Kier alpha value is -2.14. The van der Waals surface area contributed by atoms with Crippen LogP contribution >= 0.6 is 0 Å². The van der Waals surface area contributed by atoms with Crippen molar-refractivity contribution in [2.24, 2.45) is 7.05 Å². The molecule has 0 atom stereocenters. The van der Waals surface area contributed by atoms with Gasteiger partial charge in [-0.25, -0.2) is 4.98 Å². The minimum absolute atomic E-state index is 0.402. The van der Waals surface area contributed by atoms with Crippen LogP contribution in [-0.4, -0.2) is 32.5 Å². The number of nitrogens with zero attached hydrogens (tertiary/aromatic N) is 4. The maximum Gasteiger partial charge on any atom is 0.159 e. The van der Waals surface area contributed by atoms with E-state index in [1.165, 1.54) is 11.1 Å². The maximum absolute atomic E-state index is 5.47. The molecule has 3 heterocycles. The Morgan fingerprint density at radius 1 is 1.18 bits per heavy atom. The van der Waals surface area contributed by atoms with E-state index >= 15 is 0 Å². The lowest BCUT2D eigenvalue weighted by atomic mass is 10.1. The van der Waals surface area contributed by atoms with E-state index < -0.39 is 0 Å². The molecule has 0 unspecified atom stereocenters. The highest BCUT2D eigenvalue weighted by molar-refractivity contribution is 5.82. The van der Waals surface area contributed by atoms with Gasteiger partial charge in [-0.1, -0.05) is 12.1 Å². The topological polar surface area (TPSA) is 44.9 Å². The Labute approximate surface area is 129 Å². The van der Waals surface area contributed by atoms with Gasteiger partial charge in [0.2, 0.25) is 0 Å². The molecule has 4 rings (SSSR count). The van der Waals surface area contributed by atoms with E-state index in [-0.39, 0.29) is 0 Å². The molecule has 1 saturated heterocycles. The second kappa shape index (κ2) is 5.25. The van der Waals surface area contributed by atoms with Crippen LogP contribution in [0.25, 0.3) is 22.6 Å². The molecule has 114 valence electrons. The SMILES string of the molecule is Cc1cccc2nc(-c3ccnn3C3CCOCC3)n(C)c12. The van der Waals surface area contributed by atoms with Gasteiger partial charge in [0.1, 0.15) is 5.69 Å². The summed E-state index contributed by atoms with van der Waals surface area (Å²) in [6, 6.07) is 8.72. The van der Waals surface area contributed by atoms with Crippen molar-refractivity contribution in [1.29, 1.82) is 0 Å². The molecule has 1 aromatic carbocycles. The van der Waals surface area contributed by atoms with Gasteiger partial charge in [0.25, 0.3) is 0 Å². The summed E-state index contributed by atoms with van der Waals surface area (Å²) in [4.78, 5) is 4.84. The third kappa shape index (κ3) is 2.04. The Bertz CT molecular complexity index is 811. The summed E-state index contributed by atoms with van der Waals surface area (Å²) in [5.74, 6) is 0.980. The van der Waals surface area contributed by atoms with Gasteiger partial charge in [-0.15, -0.1) is 0 Å². The minimum Gasteiger partial charge on any atom is -0.381 e. The molecule has 1 aliphatic rings. The van der Waals surface area contributed by atoms with Crippen LogP contribution in [0.3, 0.4) is 0 Å². The first-order valence-corrected chi connectivity index (χ1v) is 7.79. The van der Waals surface area contributed by atoms with Gasteiger partial charge in [-0.2, -0.15) is 5.10 Å². The van der Waals surface area contributed by atoms with Crippen LogP contribution in [-0.2, 0) is 11.8 Å². The monoisotopic (exact) mass is 296 g/mol. The van der Waals surface area contributed by atoms with Crippen LogP contribution in [0, 0.1) is 6.92 Å². The number of hydrogen-bond donors (Lipinski definition) is 0. The number of fused-ring (bicyclic) bond motifs is 1. The molecular formula is C17H20N4O. The first kappa shape index (κ1) is 13.5. The van der Waals surface area contributed by atoms with E-state index in [9.17, 15) is 0 Å². The molecule has 2 aromatic heterocycles. The Morgan fingerprint density at radius 3 is 2.77 bits per heavy atom. The molecule has 1 aliphatic heterocycles. The zero-order valence-electron chi connectivity index (χ0n) is 13.0. The fourth-order valence-corrected chi connectivity index (χ4v) is 3.41. The van der Waals surface area contributed by atoms with Crippen molar-refractivity contribution in [3.63, 3.8) is 0 Å². The lowest BCUT2D eigenvalue weighted by molar-refractivity contribution is 0.0667. The highest BCUT2D eigenvalue weighted by Gasteiger charge is 2.22. The number of benzene rings is 1. The Balaban J connectivity index is 1.84. The summed E-state index contributed by atoms with van der Waals surface area (Å²) in [6.45, 7) is 3.75. The van der Waals surface area contributed by atoms with Gasteiger partial charge in [-0.3, -0.25) is 4.68 Å². The predicted molar refractivity (Wildman–Crippen MR) is 85.8 cm³/mol. The van der Waals surface area contributed by atoms with Crippen molar-refractivity contribution < 1.29 is 4.74 Å². The van der Waals surface area contributed by atoms with Gasteiger partial charge < -0.3 is 9.30 Å². The molecule has 22 heavy (non-hydrogen) atoms. The lowest BCUT2D eigenvalue weighted by Crippen LogP contribution is -2.21. The summed E-state index contributed by atoms with van der Waals surface area (Å²) in [5.41, 5.74) is 4.57.